The molecular weight excluding hydrogens is 287 g/mol. The predicted octanol–water partition coefficient (Wildman–Crippen LogP) is 2.33. The maximum atomic E-state index is 13.5. The number of urea groups is 1. The van der Waals surface area contributed by atoms with Crippen LogP contribution in [-0.2, 0) is 0 Å². The second-order valence-corrected chi connectivity index (χ2v) is 4.48. The third-order valence-electron chi connectivity index (χ3n) is 2.21. The van der Waals surface area contributed by atoms with Crippen LogP contribution in [0.1, 0.15) is 16.2 Å². The normalized spacial score (nSPS) is 10.1. The van der Waals surface area contributed by atoms with Crippen molar-refractivity contribution in [1.82, 2.24) is 9.36 Å². The quantitative estimate of drug-likeness (QED) is 0.806. The van der Waals surface area contributed by atoms with Gasteiger partial charge in [0.25, 0.3) is 0 Å². The number of nitrogens with one attached hydrogen (secondary N) is 2. The van der Waals surface area contributed by atoms with E-state index in [1.54, 1.807) is 6.92 Å². The fourth-order valence-electron chi connectivity index (χ4n) is 1.35. The second kappa shape index (κ2) is 5.61. The van der Waals surface area contributed by atoms with Crippen molar-refractivity contribution in [3.8, 4) is 0 Å². The molecule has 3 N–H and O–H groups in total. The van der Waals surface area contributed by atoms with Gasteiger partial charge < -0.3 is 10.4 Å². The minimum Gasteiger partial charge on any atom is -0.478 e. The molecule has 0 saturated carbocycles. The van der Waals surface area contributed by atoms with Gasteiger partial charge >= 0.3 is 12.0 Å². The van der Waals surface area contributed by atoms with E-state index in [2.05, 4.69) is 20.0 Å². The first-order valence-electron chi connectivity index (χ1n) is 5.37. The molecule has 0 aliphatic carbocycles. The van der Waals surface area contributed by atoms with Gasteiger partial charge in [0, 0.05) is 11.5 Å². The minimum atomic E-state index is -1.21. The smallest absolute Gasteiger partial charge is 0.335 e. The van der Waals surface area contributed by atoms with Crippen LogP contribution in [0.2, 0.25) is 0 Å². The van der Waals surface area contributed by atoms with Crippen molar-refractivity contribution in [3.63, 3.8) is 0 Å². The summed E-state index contributed by atoms with van der Waals surface area (Å²) >= 11 is 0.980. The van der Waals surface area contributed by atoms with E-state index in [4.69, 9.17) is 5.11 Å². The van der Waals surface area contributed by atoms with Crippen molar-refractivity contribution in [2.75, 3.05) is 10.6 Å². The van der Waals surface area contributed by atoms with Crippen LogP contribution < -0.4 is 10.6 Å². The summed E-state index contributed by atoms with van der Waals surface area (Å²) in [5.74, 6) is -1.45. The lowest BCUT2D eigenvalue weighted by molar-refractivity contribution is 0.0697. The van der Waals surface area contributed by atoms with Crippen LogP contribution in [0.15, 0.2) is 18.2 Å². The maximum absolute atomic E-state index is 13.5. The molecule has 9 heteroatoms. The number of rotatable bonds is 3. The molecule has 2 aromatic rings. The highest BCUT2D eigenvalue weighted by Gasteiger charge is 2.12. The van der Waals surface area contributed by atoms with Crippen LogP contribution in [0.25, 0.3) is 0 Å². The number of anilines is 2. The van der Waals surface area contributed by atoms with Gasteiger partial charge in [0.15, 0.2) is 0 Å². The molecule has 7 nitrogen and oxygen atoms in total. The first-order valence-corrected chi connectivity index (χ1v) is 6.14. The van der Waals surface area contributed by atoms with Gasteiger partial charge in [0.2, 0.25) is 5.13 Å². The fourth-order valence-corrected chi connectivity index (χ4v) is 1.92. The number of aromatic carboxylic acids is 1. The van der Waals surface area contributed by atoms with E-state index in [1.165, 1.54) is 0 Å². The molecule has 0 saturated heterocycles. The van der Waals surface area contributed by atoms with Gasteiger partial charge in [-0.15, -0.1) is 0 Å². The van der Waals surface area contributed by atoms with Gasteiger partial charge in [-0.3, -0.25) is 5.32 Å². The lowest BCUT2D eigenvalue weighted by atomic mass is 10.2. The van der Waals surface area contributed by atoms with Crippen molar-refractivity contribution in [2.45, 2.75) is 6.92 Å². The molecule has 1 heterocycles. The second-order valence-electron chi connectivity index (χ2n) is 3.73. The van der Waals surface area contributed by atoms with E-state index in [9.17, 15) is 14.0 Å². The Labute approximate surface area is 116 Å². The van der Waals surface area contributed by atoms with E-state index < -0.39 is 17.8 Å². The third-order valence-corrected chi connectivity index (χ3v) is 2.93. The molecule has 0 radical (unpaired) electrons. The molecule has 1 aromatic heterocycles. The summed E-state index contributed by atoms with van der Waals surface area (Å²) < 4.78 is 17.3. The largest absolute Gasteiger partial charge is 0.478 e. The zero-order chi connectivity index (χ0) is 14.7. The van der Waals surface area contributed by atoms with Crippen LogP contribution in [0.5, 0.6) is 0 Å². The van der Waals surface area contributed by atoms with E-state index in [0.717, 1.165) is 29.7 Å². The van der Waals surface area contributed by atoms with Gasteiger partial charge in [-0.2, -0.15) is 4.37 Å². The summed E-state index contributed by atoms with van der Waals surface area (Å²) in [5.41, 5.74) is -0.364. The number of carbonyl (C=O) groups is 2. The number of hydrogen-bond donors (Lipinski definition) is 3. The van der Waals surface area contributed by atoms with Gasteiger partial charge in [0.1, 0.15) is 11.6 Å². The summed E-state index contributed by atoms with van der Waals surface area (Å²) in [7, 11) is 0. The summed E-state index contributed by atoms with van der Waals surface area (Å²) in [4.78, 5) is 26.3. The standard InChI is InChI=1S/C11H9FN4O3S/c1-5-13-11(20-16-5)15-10(19)14-8-4-6(9(17)18)2-3-7(8)12/h2-4H,1H3,(H,17,18)(H2,13,14,15,16,19). The van der Waals surface area contributed by atoms with E-state index in [1.807, 2.05) is 0 Å². The minimum absolute atomic E-state index is 0.131. The van der Waals surface area contributed by atoms with E-state index >= 15 is 0 Å². The lowest BCUT2D eigenvalue weighted by Crippen LogP contribution is -2.20. The van der Waals surface area contributed by atoms with Crippen LogP contribution in [-0.4, -0.2) is 26.5 Å². The number of amides is 2. The van der Waals surface area contributed by atoms with E-state index in [0.29, 0.717) is 5.82 Å². The first-order chi connectivity index (χ1) is 9.45. The average molecular weight is 296 g/mol. The van der Waals surface area contributed by atoms with Gasteiger partial charge in [-0.1, -0.05) is 0 Å². The van der Waals surface area contributed by atoms with Crippen LogP contribution >= 0.6 is 11.5 Å². The number of carboxylic acids is 1. The van der Waals surface area contributed by atoms with E-state index in [-0.39, 0.29) is 16.4 Å². The molecular formula is C11H9FN4O3S. The van der Waals surface area contributed by atoms with Crippen molar-refractivity contribution < 1.29 is 19.1 Å². The van der Waals surface area contributed by atoms with Crippen LogP contribution in [0, 0.1) is 12.7 Å². The summed E-state index contributed by atoms with van der Waals surface area (Å²) in [6.45, 7) is 1.66. The number of carboxylic acid groups (broad SMARTS) is 1. The number of hydrogen-bond acceptors (Lipinski definition) is 5. The van der Waals surface area contributed by atoms with Crippen molar-refractivity contribution >= 4 is 34.4 Å². The number of halogens is 1. The molecule has 2 amide bonds. The Bertz CT molecular complexity index is 673. The number of benzene rings is 1. The molecule has 2 rings (SSSR count). The Morgan fingerprint density at radius 1 is 1.35 bits per heavy atom. The number of aromatic nitrogens is 2. The molecule has 0 unspecified atom stereocenters. The highest BCUT2D eigenvalue weighted by Crippen LogP contribution is 2.17. The Kier molecular flexibility index (Phi) is 3.89. The topological polar surface area (TPSA) is 104 Å². The van der Waals surface area contributed by atoms with Crippen molar-refractivity contribution in [2.24, 2.45) is 0 Å². The third kappa shape index (κ3) is 3.26. The SMILES string of the molecule is Cc1nsc(NC(=O)Nc2cc(C(=O)O)ccc2F)n1. The molecule has 0 aliphatic heterocycles. The summed E-state index contributed by atoms with van der Waals surface area (Å²) in [6, 6.07) is 2.37. The zero-order valence-corrected chi connectivity index (χ0v) is 11.0. The summed E-state index contributed by atoms with van der Waals surface area (Å²) in [6.07, 6.45) is 0. The Balaban J connectivity index is 2.11. The maximum Gasteiger partial charge on any atom is 0.335 e. The monoisotopic (exact) mass is 296 g/mol. The Hall–Kier alpha value is -2.55. The average Bonchev–Trinajstić information content (AvgIpc) is 2.77. The molecule has 104 valence electrons. The lowest BCUT2D eigenvalue weighted by Gasteiger charge is -2.07. The number of carbonyl (C=O) groups excluding carboxylic acids is 1. The number of aryl methyl sites for hydroxylation is 1. The molecule has 0 atom stereocenters. The van der Waals surface area contributed by atoms with Gasteiger partial charge in [-0.05, 0) is 25.1 Å². The fraction of sp³-hybridized carbons (Fsp3) is 0.0909. The summed E-state index contributed by atoms with van der Waals surface area (Å²) in [5, 5.41) is 13.6. The molecule has 0 spiro atoms. The highest BCUT2D eigenvalue weighted by atomic mass is 32.1. The molecule has 1 aromatic carbocycles. The van der Waals surface area contributed by atoms with Crippen LogP contribution in [0.4, 0.5) is 20.0 Å². The van der Waals surface area contributed by atoms with Crippen LogP contribution in [0.3, 0.4) is 0 Å². The highest BCUT2D eigenvalue weighted by molar-refractivity contribution is 7.09. The molecule has 0 aliphatic rings. The van der Waals surface area contributed by atoms with Crippen molar-refractivity contribution in [1.29, 1.82) is 0 Å². The first kappa shape index (κ1) is 13.9. The van der Waals surface area contributed by atoms with Gasteiger partial charge in [0.05, 0.1) is 11.3 Å². The molecule has 0 bridgehead atoms. The Morgan fingerprint density at radius 3 is 2.70 bits per heavy atom. The number of nitrogens with zero attached hydrogens (tertiary/aromatic N) is 2. The Morgan fingerprint density at radius 2 is 2.10 bits per heavy atom. The van der Waals surface area contributed by atoms with Gasteiger partial charge in [-0.25, -0.2) is 19.0 Å². The molecule has 0 fully saturated rings. The predicted molar refractivity (Wildman–Crippen MR) is 70.6 cm³/mol. The molecule has 20 heavy (non-hydrogen) atoms. The zero-order valence-electron chi connectivity index (χ0n) is 10.2. The van der Waals surface area contributed by atoms with Crippen molar-refractivity contribution in [3.05, 3.63) is 35.4 Å².